The molecule has 0 saturated heterocycles. The van der Waals surface area contributed by atoms with Crippen molar-refractivity contribution in [3.8, 4) is 5.69 Å². The van der Waals surface area contributed by atoms with E-state index in [-0.39, 0.29) is 11.6 Å². The Labute approximate surface area is 126 Å². The lowest BCUT2D eigenvalue weighted by Crippen LogP contribution is -2.23. The predicted octanol–water partition coefficient (Wildman–Crippen LogP) is -0.126. The molecule has 3 aromatic heterocycles. The molecule has 0 bridgehead atoms. The topological polar surface area (TPSA) is 108 Å². The Balaban J connectivity index is 1.71. The van der Waals surface area contributed by atoms with Gasteiger partial charge in [-0.2, -0.15) is 0 Å². The molecule has 1 N–H and O–H groups in total. The number of hydrogen-bond acceptors (Lipinski definition) is 6. The number of nitrogens with one attached hydrogen (secondary N) is 1. The van der Waals surface area contributed by atoms with E-state index < -0.39 is 10.0 Å². The summed E-state index contributed by atoms with van der Waals surface area (Å²) in [5, 5.41) is 7.83. The zero-order valence-corrected chi connectivity index (χ0v) is 12.5. The summed E-state index contributed by atoms with van der Waals surface area (Å²) in [4.78, 5) is 7.80. The molecular weight excluding hydrogens is 306 g/mol. The Kier molecular flexibility index (Phi) is 3.69. The number of aryl methyl sites for hydroxylation is 1. The monoisotopic (exact) mass is 319 g/mol. The normalized spacial score (nSPS) is 11.7. The average molecular weight is 319 g/mol. The number of pyridine rings is 1. The van der Waals surface area contributed by atoms with Crippen molar-refractivity contribution in [2.24, 2.45) is 7.05 Å². The molecule has 0 saturated carbocycles. The summed E-state index contributed by atoms with van der Waals surface area (Å²) in [7, 11) is -1.96. The van der Waals surface area contributed by atoms with E-state index in [1.807, 2.05) is 6.07 Å². The molecule has 10 heteroatoms. The van der Waals surface area contributed by atoms with Gasteiger partial charge >= 0.3 is 0 Å². The molecule has 3 heterocycles. The maximum absolute atomic E-state index is 12.0. The van der Waals surface area contributed by atoms with Crippen LogP contribution in [0.1, 0.15) is 5.69 Å². The maximum atomic E-state index is 12.0. The van der Waals surface area contributed by atoms with Crippen LogP contribution in [0.2, 0.25) is 0 Å². The highest BCUT2D eigenvalue weighted by molar-refractivity contribution is 7.89. The van der Waals surface area contributed by atoms with Gasteiger partial charge in [0.15, 0.2) is 5.03 Å². The average Bonchev–Trinajstić information content (AvgIpc) is 3.15. The van der Waals surface area contributed by atoms with Crippen molar-refractivity contribution in [1.82, 2.24) is 34.3 Å². The van der Waals surface area contributed by atoms with Crippen LogP contribution < -0.4 is 4.72 Å². The van der Waals surface area contributed by atoms with E-state index in [1.54, 1.807) is 36.3 Å². The molecule has 3 rings (SSSR count). The molecule has 3 aromatic rings. The van der Waals surface area contributed by atoms with Crippen molar-refractivity contribution in [2.75, 3.05) is 0 Å². The first-order valence-corrected chi connectivity index (χ1v) is 7.82. The first kappa shape index (κ1) is 14.4. The number of rotatable bonds is 5. The second-order valence-corrected chi connectivity index (χ2v) is 6.28. The van der Waals surface area contributed by atoms with E-state index in [4.69, 9.17) is 0 Å². The second kappa shape index (κ2) is 5.66. The van der Waals surface area contributed by atoms with E-state index >= 15 is 0 Å². The van der Waals surface area contributed by atoms with Gasteiger partial charge in [0.25, 0.3) is 10.0 Å². The van der Waals surface area contributed by atoms with E-state index in [1.165, 1.54) is 17.2 Å². The van der Waals surface area contributed by atoms with Gasteiger partial charge in [-0.1, -0.05) is 5.21 Å². The number of hydrogen-bond donors (Lipinski definition) is 1. The van der Waals surface area contributed by atoms with Gasteiger partial charge < -0.3 is 4.57 Å². The second-order valence-electron chi connectivity index (χ2n) is 4.57. The lowest BCUT2D eigenvalue weighted by atomic mass is 10.4. The number of sulfonamides is 1. The Hall–Kier alpha value is -2.59. The van der Waals surface area contributed by atoms with Crippen LogP contribution >= 0.6 is 0 Å². The summed E-state index contributed by atoms with van der Waals surface area (Å²) in [5.41, 5.74) is 1.23. The van der Waals surface area contributed by atoms with E-state index in [9.17, 15) is 8.42 Å². The molecule has 0 unspecified atom stereocenters. The summed E-state index contributed by atoms with van der Waals surface area (Å²) >= 11 is 0. The summed E-state index contributed by atoms with van der Waals surface area (Å²) in [5.74, 6) is 0. The minimum atomic E-state index is -3.66. The quantitative estimate of drug-likeness (QED) is 0.702. The van der Waals surface area contributed by atoms with Crippen LogP contribution in [0.25, 0.3) is 5.69 Å². The molecule has 9 nitrogen and oxygen atoms in total. The fraction of sp³-hybridized carbons (Fsp3) is 0.167. The summed E-state index contributed by atoms with van der Waals surface area (Å²) in [6.07, 6.45) is 7.78. The number of nitrogens with zero attached hydrogens (tertiary/aromatic N) is 6. The van der Waals surface area contributed by atoms with E-state index in [0.29, 0.717) is 5.69 Å². The van der Waals surface area contributed by atoms with Crippen molar-refractivity contribution in [3.05, 3.63) is 48.9 Å². The van der Waals surface area contributed by atoms with Gasteiger partial charge in [-0.3, -0.25) is 4.98 Å². The molecule has 0 aromatic carbocycles. The zero-order valence-electron chi connectivity index (χ0n) is 11.7. The summed E-state index contributed by atoms with van der Waals surface area (Å²) in [6.45, 7) is 0.0270. The lowest BCUT2D eigenvalue weighted by molar-refractivity contribution is 0.577. The van der Waals surface area contributed by atoms with Crippen LogP contribution in [0.4, 0.5) is 0 Å². The van der Waals surface area contributed by atoms with Gasteiger partial charge in [-0.05, 0) is 12.1 Å². The van der Waals surface area contributed by atoms with E-state index in [2.05, 4.69) is 25.0 Å². The van der Waals surface area contributed by atoms with Crippen molar-refractivity contribution in [3.63, 3.8) is 0 Å². The van der Waals surface area contributed by atoms with Crippen molar-refractivity contribution < 1.29 is 8.42 Å². The minimum absolute atomic E-state index is 0.0270. The zero-order chi connectivity index (χ0) is 15.6. The third kappa shape index (κ3) is 3.02. The summed E-state index contributed by atoms with van der Waals surface area (Å²) in [6, 6.07) is 3.60. The van der Waals surface area contributed by atoms with Crippen LogP contribution in [-0.2, 0) is 23.6 Å². The SMILES string of the molecule is Cn1cnc(S(=O)(=O)NCc2cn(-c3cccnc3)nn2)c1. The molecule has 22 heavy (non-hydrogen) atoms. The van der Waals surface area contributed by atoms with E-state index in [0.717, 1.165) is 5.69 Å². The molecule has 0 atom stereocenters. The van der Waals surface area contributed by atoms with Crippen LogP contribution in [-0.4, -0.2) is 37.9 Å². The molecule has 0 fully saturated rings. The van der Waals surface area contributed by atoms with Crippen molar-refractivity contribution >= 4 is 10.0 Å². The largest absolute Gasteiger partial charge is 0.339 e. The standard InChI is InChI=1S/C12H13N7O2S/c1-18-8-12(14-9-18)22(20,21)15-5-10-7-19(17-16-10)11-3-2-4-13-6-11/h2-4,6-9,15H,5H2,1H3. The van der Waals surface area contributed by atoms with Gasteiger partial charge in [0.2, 0.25) is 0 Å². The third-order valence-corrected chi connectivity index (χ3v) is 4.14. The number of aromatic nitrogens is 6. The van der Waals surface area contributed by atoms with Crippen LogP contribution in [0.5, 0.6) is 0 Å². The van der Waals surface area contributed by atoms with Crippen molar-refractivity contribution in [1.29, 1.82) is 0 Å². The molecule has 0 radical (unpaired) electrons. The highest BCUT2D eigenvalue weighted by Crippen LogP contribution is 2.07. The predicted molar refractivity (Wildman–Crippen MR) is 76.4 cm³/mol. The molecule has 114 valence electrons. The van der Waals surface area contributed by atoms with Crippen LogP contribution in [0.3, 0.4) is 0 Å². The Morgan fingerprint density at radius 2 is 2.18 bits per heavy atom. The molecule has 0 spiro atoms. The first-order chi connectivity index (χ1) is 10.5. The van der Waals surface area contributed by atoms with Gasteiger partial charge in [0.1, 0.15) is 0 Å². The minimum Gasteiger partial charge on any atom is -0.339 e. The fourth-order valence-electron chi connectivity index (χ4n) is 1.77. The van der Waals surface area contributed by atoms with Gasteiger partial charge in [-0.15, -0.1) is 5.10 Å². The highest BCUT2D eigenvalue weighted by Gasteiger charge is 2.17. The fourth-order valence-corrected chi connectivity index (χ4v) is 2.74. The Morgan fingerprint density at radius 1 is 1.32 bits per heavy atom. The molecule has 0 aliphatic rings. The van der Waals surface area contributed by atoms with Crippen LogP contribution in [0.15, 0.2) is 48.3 Å². The molecule has 0 aliphatic heterocycles. The molecule has 0 amide bonds. The number of imidazole rings is 1. The molecule has 0 aliphatic carbocycles. The van der Waals surface area contributed by atoms with Gasteiger partial charge in [0, 0.05) is 19.4 Å². The van der Waals surface area contributed by atoms with Crippen molar-refractivity contribution in [2.45, 2.75) is 11.6 Å². The maximum Gasteiger partial charge on any atom is 0.259 e. The summed E-state index contributed by atoms with van der Waals surface area (Å²) < 4.78 is 29.6. The lowest BCUT2D eigenvalue weighted by Gasteiger charge is -2.01. The highest BCUT2D eigenvalue weighted by atomic mass is 32.2. The third-order valence-electron chi connectivity index (χ3n) is 2.85. The Bertz CT molecular complexity index is 870. The van der Waals surface area contributed by atoms with Gasteiger partial charge in [-0.25, -0.2) is 22.8 Å². The smallest absolute Gasteiger partial charge is 0.259 e. The Morgan fingerprint density at radius 3 is 2.86 bits per heavy atom. The van der Waals surface area contributed by atoms with Gasteiger partial charge in [0.05, 0.1) is 36.6 Å². The molecular formula is C12H13N7O2S. The first-order valence-electron chi connectivity index (χ1n) is 6.34. The van der Waals surface area contributed by atoms with Crippen LogP contribution in [0, 0.1) is 0 Å².